The summed E-state index contributed by atoms with van der Waals surface area (Å²) in [4.78, 5) is 11.7. The normalized spacial score (nSPS) is 13.0. The van der Waals surface area contributed by atoms with Gasteiger partial charge in [0.1, 0.15) is 0 Å². The molecule has 1 aromatic rings. The van der Waals surface area contributed by atoms with E-state index in [1.54, 1.807) is 13.0 Å². The summed E-state index contributed by atoms with van der Waals surface area (Å²) in [6.45, 7) is 4.85. The van der Waals surface area contributed by atoms with Crippen molar-refractivity contribution in [2.24, 2.45) is 0 Å². The van der Waals surface area contributed by atoms with Crippen LogP contribution in [0.3, 0.4) is 0 Å². The van der Waals surface area contributed by atoms with Gasteiger partial charge in [-0.05, 0) is 18.9 Å². The van der Waals surface area contributed by atoms with E-state index in [1.807, 2.05) is 37.3 Å². The number of aliphatic hydroxyl groups is 1. The molecule has 4 nitrogen and oxygen atoms in total. The van der Waals surface area contributed by atoms with Crippen LogP contribution >= 0.6 is 0 Å². The van der Waals surface area contributed by atoms with E-state index in [4.69, 9.17) is 9.47 Å². The van der Waals surface area contributed by atoms with Gasteiger partial charge in [-0.3, -0.25) is 0 Å². The van der Waals surface area contributed by atoms with E-state index in [9.17, 15) is 9.90 Å². The number of hydrogen-bond donors (Lipinski definition) is 1. The second-order valence-electron chi connectivity index (χ2n) is 4.63. The van der Waals surface area contributed by atoms with Crippen LogP contribution < -0.4 is 0 Å². The molecule has 116 valence electrons. The van der Waals surface area contributed by atoms with Crippen LogP contribution in [-0.2, 0) is 20.9 Å². The minimum atomic E-state index is -0.847. The highest BCUT2D eigenvalue weighted by atomic mass is 16.5. The Balaban J connectivity index is 2.38. The molecule has 0 unspecified atom stereocenters. The second-order valence-corrected chi connectivity index (χ2v) is 4.63. The van der Waals surface area contributed by atoms with Crippen molar-refractivity contribution in [3.05, 3.63) is 47.5 Å². The fourth-order valence-electron chi connectivity index (χ4n) is 1.90. The van der Waals surface area contributed by atoms with E-state index < -0.39 is 12.1 Å². The SMILES string of the molecule is CC/C=C(\C(=O)OCC)[C@H](O)CCOCc1ccccc1. The number of esters is 1. The topological polar surface area (TPSA) is 55.8 Å². The number of carbonyl (C=O) groups is 1. The van der Waals surface area contributed by atoms with Crippen molar-refractivity contribution < 1.29 is 19.4 Å². The maximum absolute atomic E-state index is 11.7. The zero-order chi connectivity index (χ0) is 15.5. The summed E-state index contributed by atoms with van der Waals surface area (Å²) < 4.78 is 10.5. The molecule has 0 saturated heterocycles. The van der Waals surface area contributed by atoms with Gasteiger partial charge in [0, 0.05) is 13.0 Å². The van der Waals surface area contributed by atoms with Crippen molar-refractivity contribution in [1.29, 1.82) is 0 Å². The third kappa shape index (κ3) is 6.56. The van der Waals surface area contributed by atoms with E-state index in [0.29, 0.717) is 38.2 Å². The Morgan fingerprint density at radius 2 is 2.00 bits per heavy atom. The zero-order valence-electron chi connectivity index (χ0n) is 12.7. The summed E-state index contributed by atoms with van der Waals surface area (Å²) in [5, 5.41) is 10.1. The molecule has 0 aliphatic heterocycles. The molecular weight excluding hydrogens is 268 g/mol. The maximum atomic E-state index is 11.7. The lowest BCUT2D eigenvalue weighted by Gasteiger charge is -2.14. The highest BCUT2D eigenvalue weighted by Crippen LogP contribution is 2.11. The first kappa shape index (κ1) is 17.4. The average Bonchev–Trinajstić information content (AvgIpc) is 2.50. The predicted octanol–water partition coefficient (Wildman–Crippen LogP) is 2.85. The molecule has 0 heterocycles. The Hall–Kier alpha value is -1.65. The maximum Gasteiger partial charge on any atom is 0.336 e. The lowest BCUT2D eigenvalue weighted by molar-refractivity contribution is -0.139. The van der Waals surface area contributed by atoms with Crippen LogP contribution in [0, 0.1) is 0 Å². The van der Waals surface area contributed by atoms with Gasteiger partial charge in [0.2, 0.25) is 0 Å². The molecule has 0 amide bonds. The van der Waals surface area contributed by atoms with E-state index in [2.05, 4.69) is 0 Å². The fourth-order valence-corrected chi connectivity index (χ4v) is 1.90. The number of carbonyl (C=O) groups excluding carboxylic acids is 1. The quantitative estimate of drug-likeness (QED) is 0.432. The van der Waals surface area contributed by atoms with E-state index in [0.717, 1.165) is 5.56 Å². The minimum Gasteiger partial charge on any atom is -0.463 e. The van der Waals surface area contributed by atoms with Crippen LogP contribution in [-0.4, -0.2) is 30.4 Å². The van der Waals surface area contributed by atoms with Gasteiger partial charge in [-0.15, -0.1) is 0 Å². The molecule has 0 saturated carbocycles. The summed E-state index contributed by atoms with van der Waals surface area (Å²) in [7, 11) is 0. The molecule has 21 heavy (non-hydrogen) atoms. The summed E-state index contributed by atoms with van der Waals surface area (Å²) in [6.07, 6.45) is 1.91. The minimum absolute atomic E-state index is 0.303. The number of rotatable bonds is 9. The van der Waals surface area contributed by atoms with Gasteiger partial charge in [-0.25, -0.2) is 4.79 Å². The molecule has 0 fully saturated rings. The standard InChI is InChI=1S/C17H24O4/c1-3-8-15(17(19)21-4-2)16(18)11-12-20-13-14-9-6-5-7-10-14/h5-10,16,18H,3-4,11-13H2,1-2H3/b15-8-/t16-/m1/s1. The number of allylic oxidation sites excluding steroid dienone is 1. The molecule has 1 atom stereocenters. The second kappa shape index (κ2) is 10.1. The van der Waals surface area contributed by atoms with E-state index in [-0.39, 0.29) is 0 Å². The highest BCUT2D eigenvalue weighted by Gasteiger charge is 2.19. The van der Waals surface area contributed by atoms with Crippen LogP contribution in [0.2, 0.25) is 0 Å². The van der Waals surface area contributed by atoms with Crippen molar-refractivity contribution >= 4 is 5.97 Å². The van der Waals surface area contributed by atoms with Gasteiger partial charge in [-0.2, -0.15) is 0 Å². The van der Waals surface area contributed by atoms with E-state index >= 15 is 0 Å². The molecule has 1 rings (SSSR count). The summed E-state index contributed by atoms with van der Waals surface area (Å²) >= 11 is 0. The van der Waals surface area contributed by atoms with Crippen LogP contribution in [0.1, 0.15) is 32.3 Å². The average molecular weight is 292 g/mol. The first-order chi connectivity index (χ1) is 10.2. The van der Waals surface area contributed by atoms with Crippen molar-refractivity contribution in [3.63, 3.8) is 0 Å². The van der Waals surface area contributed by atoms with Gasteiger partial charge in [0.05, 0.1) is 24.9 Å². The van der Waals surface area contributed by atoms with Crippen molar-refractivity contribution in [1.82, 2.24) is 0 Å². The molecule has 0 aliphatic rings. The summed E-state index contributed by atoms with van der Waals surface area (Å²) in [5.41, 5.74) is 1.41. The Kier molecular flexibility index (Phi) is 8.40. The first-order valence-corrected chi connectivity index (χ1v) is 7.35. The van der Waals surface area contributed by atoms with Gasteiger partial charge in [-0.1, -0.05) is 43.3 Å². The molecule has 0 aliphatic carbocycles. The third-order valence-electron chi connectivity index (χ3n) is 2.94. The monoisotopic (exact) mass is 292 g/mol. The smallest absolute Gasteiger partial charge is 0.336 e. The zero-order valence-corrected chi connectivity index (χ0v) is 12.7. The highest BCUT2D eigenvalue weighted by molar-refractivity contribution is 5.89. The predicted molar refractivity (Wildman–Crippen MR) is 81.7 cm³/mol. The molecule has 4 heteroatoms. The van der Waals surface area contributed by atoms with Gasteiger partial charge < -0.3 is 14.6 Å². The Morgan fingerprint density at radius 3 is 2.62 bits per heavy atom. The molecular formula is C17H24O4. The summed E-state index contributed by atoms with van der Waals surface area (Å²) in [5.74, 6) is -0.449. The van der Waals surface area contributed by atoms with Crippen molar-refractivity contribution in [2.75, 3.05) is 13.2 Å². The molecule has 0 radical (unpaired) electrons. The molecule has 0 bridgehead atoms. The van der Waals surface area contributed by atoms with Crippen LogP contribution in [0.4, 0.5) is 0 Å². The van der Waals surface area contributed by atoms with Crippen LogP contribution in [0.5, 0.6) is 0 Å². The fraction of sp³-hybridized carbons (Fsp3) is 0.471. The van der Waals surface area contributed by atoms with Crippen molar-refractivity contribution in [2.45, 2.75) is 39.4 Å². The number of aliphatic hydroxyl groups excluding tert-OH is 1. The number of ether oxygens (including phenoxy) is 2. The van der Waals surface area contributed by atoms with Crippen LogP contribution in [0.15, 0.2) is 42.0 Å². The van der Waals surface area contributed by atoms with Gasteiger partial charge in [0.15, 0.2) is 0 Å². The number of benzene rings is 1. The third-order valence-corrected chi connectivity index (χ3v) is 2.94. The molecule has 1 N–H and O–H groups in total. The number of hydrogen-bond acceptors (Lipinski definition) is 4. The molecule has 0 spiro atoms. The van der Waals surface area contributed by atoms with Gasteiger partial charge >= 0.3 is 5.97 Å². The lowest BCUT2D eigenvalue weighted by Crippen LogP contribution is -2.22. The lowest BCUT2D eigenvalue weighted by atomic mass is 10.1. The van der Waals surface area contributed by atoms with Crippen molar-refractivity contribution in [3.8, 4) is 0 Å². The first-order valence-electron chi connectivity index (χ1n) is 7.35. The molecule has 1 aromatic carbocycles. The largest absolute Gasteiger partial charge is 0.463 e. The van der Waals surface area contributed by atoms with Crippen LogP contribution in [0.25, 0.3) is 0 Å². The summed E-state index contributed by atoms with van der Waals surface area (Å²) in [6, 6.07) is 9.83. The van der Waals surface area contributed by atoms with E-state index in [1.165, 1.54) is 0 Å². The molecule has 0 aromatic heterocycles. The van der Waals surface area contributed by atoms with Gasteiger partial charge in [0.25, 0.3) is 0 Å². The Morgan fingerprint density at radius 1 is 1.29 bits per heavy atom. The Bertz CT molecular complexity index is 439. The Labute approximate surface area is 126 Å².